The highest BCUT2D eigenvalue weighted by atomic mass is 16.5. The van der Waals surface area contributed by atoms with E-state index in [0.717, 1.165) is 5.56 Å². The number of fused-ring (bicyclic) bond motifs is 1. The number of urea groups is 1. The van der Waals surface area contributed by atoms with Gasteiger partial charge in [0, 0.05) is 55.8 Å². The van der Waals surface area contributed by atoms with E-state index in [1.165, 1.54) is 10.8 Å². The fourth-order valence-electron chi connectivity index (χ4n) is 4.93. The van der Waals surface area contributed by atoms with Crippen molar-refractivity contribution in [1.82, 2.24) is 24.7 Å². The molecule has 0 spiro atoms. The number of amides is 3. The molecule has 2 N–H and O–H groups in total. The Kier molecular flexibility index (Phi) is 6.93. The van der Waals surface area contributed by atoms with Gasteiger partial charge in [-0.2, -0.15) is 4.98 Å². The Bertz CT molecular complexity index is 1360. The molecule has 0 bridgehead atoms. The molecule has 0 saturated carbocycles. The maximum absolute atomic E-state index is 13.2. The van der Waals surface area contributed by atoms with Crippen LogP contribution in [0, 0.1) is 5.41 Å². The zero-order valence-corrected chi connectivity index (χ0v) is 22.7. The highest BCUT2D eigenvalue weighted by Crippen LogP contribution is 2.29. The molecule has 2 aromatic rings. The predicted molar refractivity (Wildman–Crippen MR) is 142 cm³/mol. The van der Waals surface area contributed by atoms with E-state index < -0.39 is 11.2 Å². The second-order valence-electron chi connectivity index (χ2n) is 11.5. The van der Waals surface area contributed by atoms with Gasteiger partial charge in [0.05, 0.1) is 12.3 Å². The van der Waals surface area contributed by atoms with Crippen molar-refractivity contribution in [3.05, 3.63) is 46.5 Å². The average molecular weight is 539 g/mol. The lowest BCUT2D eigenvalue weighted by Gasteiger charge is -2.38. The van der Waals surface area contributed by atoms with Gasteiger partial charge in [-0.3, -0.25) is 24.8 Å². The summed E-state index contributed by atoms with van der Waals surface area (Å²) >= 11 is 0. The summed E-state index contributed by atoms with van der Waals surface area (Å²) in [5.41, 5.74) is -0.192. The van der Waals surface area contributed by atoms with Crippen molar-refractivity contribution in [2.45, 2.75) is 45.9 Å². The van der Waals surface area contributed by atoms with Crippen LogP contribution in [0.5, 0.6) is 5.75 Å². The summed E-state index contributed by atoms with van der Waals surface area (Å²) < 4.78 is 12.7. The normalized spacial score (nSPS) is 23.3. The van der Waals surface area contributed by atoms with Gasteiger partial charge in [-0.25, -0.2) is 9.59 Å². The van der Waals surface area contributed by atoms with Gasteiger partial charge in [0.25, 0.3) is 0 Å². The van der Waals surface area contributed by atoms with E-state index in [4.69, 9.17) is 9.47 Å². The quantitative estimate of drug-likeness (QED) is 0.595. The number of piperazine rings is 1. The number of hydrogen-bond donors (Lipinski definition) is 2. The van der Waals surface area contributed by atoms with Crippen molar-refractivity contribution in [1.29, 1.82) is 0 Å². The maximum Gasteiger partial charge on any atom is 0.354 e. The number of ether oxygens (including phenoxy) is 2. The lowest BCUT2D eigenvalue weighted by atomic mass is 9.93. The molecule has 3 amide bonds. The number of benzene rings is 1. The summed E-state index contributed by atoms with van der Waals surface area (Å²) in [4.78, 5) is 57.7. The Morgan fingerprint density at radius 2 is 1.82 bits per heavy atom. The van der Waals surface area contributed by atoms with Gasteiger partial charge in [0.2, 0.25) is 5.91 Å². The zero-order valence-electron chi connectivity index (χ0n) is 22.7. The van der Waals surface area contributed by atoms with Gasteiger partial charge in [-0.15, -0.1) is 0 Å². The molecule has 0 radical (unpaired) electrons. The van der Waals surface area contributed by atoms with Crippen LogP contribution in [0.2, 0.25) is 0 Å². The van der Waals surface area contributed by atoms with Gasteiger partial charge >= 0.3 is 11.7 Å². The average Bonchev–Trinajstić information content (AvgIpc) is 3.32. The number of anilines is 1. The van der Waals surface area contributed by atoms with E-state index >= 15 is 0 Å². The molecule has 4 heterocycles. The molecule has 0 aliphatic carbocycles. The van der Waals surface area contributed by atoms with E-state index in [-0.39, 0.29) is 41.8 Å². The highest BCUT2D eigenvalue weighted by molar-refractivity contribution is 5.89. The molecule has 3 aliphatic heterocycles. The molecule has 12 nitrogen and oxygen atoms in total. The molecule has 39 heavy (non-hydrogen) atoms. The Morgan fingerprint density at radius 3 is 2.49 bits per heavy atom. The van der Waals surface area contributed by atoms with Crippen LogP contribution in [0.15, 0.2) is 35.3 Å². The predicted octanol–water partition coefficient (Wildman–Crippen LogP) is 1.16. The lowest BCUT2D eigenvalue weighted by Crippen LogP contribution is -2.61. The minimum absolute atomic E-state index is 0.00568. The van der Waals surface area contributed by atoms with E-state index in [1.807, 2.05) is 6.92 Å². The van der Waals surface area contributed by atoms with Crippen molar-refractivity contribution >= 4 is 23.5 Å². The summed E-state index contributed by atoms with van der Waals surface area (Å²) in [6.45, 7) is 9.83. The topological polar surface area (TPSA) is 135 Å². The SMILES string of the molecule is CC(C)(C)[C@@H]1N[C@](C)(C(=O)N2CCN(C(=O)Nc3ccn(-c4ccc5c(c4)OCC(=O)C5)c(=O)n3)CC2)CO1. The molecule has 12 heteroatoms. The zero-order chi connectivity index (χ0) is 27.9. The van der Waals surface area contributed by atoms with Gasteiger partial charge in [-0.1, -0.05) is 26.8 Å². The molecule has 2 atom stereocenters. The molecular formula is C27H34N6O6. The monoisotopic (exact) mass is 538 g/mol. The largest absolute Gasteiger partial charge is 0.485 e. The Morgan fingerprint density at radius 1 is 1.10 bits per heavy atom. The first-order valence-electron chi connectivity index (χ1n) is 13.1. The standard InChI is InChI=1S/C27H34N6O6/c1-26(2,3)22-30-27(4,16-39-22)23(35)31-9-11-32(12-10-31)24(36)28-21-7-8-33(25(37)29-21)18-6-5-17-13-19(34)15-38-20(17)14-18/h5-8,14,22,30H,9-13,15-16H2,1-4H3,(H,28,29,36,37)/t22-,27+/m1/s1. The number of Topliss-reactive ketones (excluding diaryl/α,β-unsaturated/α-hetero) is 1. The van der Waals surface area contributed by atoms with E-state index in [2.05, 4.69) is 36.4 Å². The second-order valence-corrected chi connectivity index (χ2v) is 11.5. The van der Waals surface area contributed by atoms with Gasteiger partial charge in [0.15, 0.2) is 5.78 Å². The van der Waals surface area contributed by atoms with Gasteiger partial charge < -0.3 is 19.3 Å². The Labute approximate surface area is 226 Å². The molecule has 2 fully saturated rings. The van der Waals surface area contributed by atoms with Crippen molar-refractivity contribution in [3.8, 4) is 11.4 Å². The Balaban J connectivity index is 1.17. The van der Waals surface area contributed by atoms with Crippen LogP contribution < -0.4 is 21.1 Å². The number of rotatable bonds is 3. The van der Waals surface area contributed by atoms with Crippen LogP contribution in [0.25, 0.3) is 5.69 Å². The third-order valence-electron chi connectivity index (χ3n) is 7.24. The Hall–Kier alpha value is -3.77. The number of carbonyl (C=O) groups excluding carboxylic acids is 3. The van der Waals surface area contributed by atoms with Crippen LogP contribution in [-0.2, 0) is 20.7 Å². The molecule has 1 aromatic carbocycles. The van der Waals surface area contributed by atoms with E-state index in [1.54, 1.807) is 34.1 Å². The summed E-state index contributed by atoms with van der Waals surface area (Å²) in [6.07, 6.45) is 1.62. The fraction of sp³-hybridized carbons (Fsp3) is 0.519. The number of aromatic nitrogens is 2. The van der Waals surface area contributed by atoms with Crippen LogP contribution in [-0.4, -0.2) is 88.2 Å². The minimum Gasteiger partial charge on any atom is -0.485 e. The maximum atomic E-state index is 13.2. The molecule has 5 rings (SSSR count). The van der Waals surface area contributed by atoms with Gasteiger partial charge in [0.1, 0.15) is 29.9 Å². The summed E-state index contributed by atoms with van der Waals surface area (Å²) in [5.74, 6) is 0.658. The third-order valence-corrected chi connectivity index (χ3v) is 7.24. The van der Waals surface area contributed by atoms with Crippen LogP contribution in [0.1, 0.15) is 33.3 Å². The highest BCUT2D eigenvalue weighted by Gasteiger charge is 2.47. The molecule has 1 aromatic heterocycles. The summed E-state index contributed by atoms with van der Waals surface area (Å²) in [7, 11) is 0. The second kappa shape index (κ2) is 10.1. The van der Waals surface area contributed by atoms with Crippen molar-refractivity contribution < 1.29 is 23.9 Å². The number of carbonyl (C=O) groups is 3. The first kappa shape index (κ1) is 26.8. The molecule has 208 valence electrons. The molecular weight excluding hydrogens is 504 g/mol. The summed E-state index contributed by atoms with van der Waals surface area (Å²) in [5, 5.41) is 6.02. The van der Waals surface area contributed by atoms with Crippen molar-refractivity contribution in [2.24, 2.45) is 5.41 Å². The van der Waals surface area contributed by atoms with E-state index in [0.29, 0.717) is 50.6 Å². The van der Waals surface area contributed by atoms with Crippen LogP contribution >= 0.6 is 0 Å². The van der Waals surface area contributed by atoms with Crippen molar-refractivity contribution in [2.75, 3.05) is 44.7 Å². The molecule has 2 saturated heterocycles. The third kappa shape index (κ3) is 5.52. The van der Waals surface area contributed by atoms with Gasteiger partial charge in [-0.05, 0) is 19.1 Å². The minimum atomic E-state index is -0.808. The number of hydrogen-bond acceptors (Lipinski definition) is 8. The van der Waals surface area contributed by atoms with Crippen LogP contribution in [0.3, 0.4) is 0 Å². The molecule has 0 unspecified atom stereocenters. The first-order chi connectivity index (χ1) is 18.4. The first-order valence-corrected chi connectivity index (χ1v) is 13.1. The smallest absolute Gasteiger partial charge is 0.354 e. The summed E-state index contributed by atoms with van der Waals surface area (Å²) in [6, 6.07) is 6.33. The number of nitrogens with zero attached hydrogens (tertiary/aromatic N) is 4. The number of nitrogens with one attached hydrogen (secondary N) is 2. The number of ketones is 1. The van der Waals surface area contributed by atoms with Crippen LogP contribution in [0.4, 0.5) is 10.6 Å². The van der Waals surface area contributed by atoms with Crippen molar-refractivity contribution in [3.63, 3.8) is 0 Å². The molecule has 3 aliphatic rings. The fourth-order valence-corrected chi connectivity index (χ4v) is 4.93. The lowest BCUT2D eigenvalue weighted by molar-refractivity contribution is -0.138. The van der Waals surface area contributed by atoms with E-state index in [9.17, 15) is 19.2 Å².